The van der Waals surface area contributed by atoms with Crippen LogP contribution < -0.4 is 0 Å². The Morgan fingerprint density at radius 3 is 2.31 bits per heavy atom. The zero-order valence-electron chi connectivity index (χ0n) is 13.5. The molecule has 0 amide bonds. The van der Waals surface area contributed by atoms with Crippen molar-refractivity contribution in [3.63, 3.8) is 0 Å². The Morgan fingerprint density at radius 1 is 0.923 bits per heavy atom. The first kappa shape index (κ1) is 18.6. The van der Waals surface area contributed by atoms with Crippen LogP contribution in [0.5, 0.6) is 0 Å². The number of thiophene rings is 1. The quantitative estimate of drug-likeness (QED) is 0.566. The molecule has 1 aromatic heterocycles. The van der Waals surface area contributed by atoms with E-state index in [9.17, 15) is 14.7 Å². The maximum atomic E-state index is 12.4. The summed E-state index contributed by atoms with van der Waals surface area (Å²) in [7, 11) is 0. The minimum absolute atomic E-state index is 0.0607. The SMILES string of the molecule is O=C(Cc1ccc(Cl)c(Cl)c1)Cc1cc(-c2ccccc2)sc1C(=O)O. The van der Waals surface area contributed by atoms with Gasteiger partial charge in [0.05, 0.1) is 10.0 Å². The lowest BCUT2D eigenvalue weighted by Crippen LogP contribution is -2.08. The number of carboxylic acid groups (broad SMARTS) is 1. The van der Waals surface area contributed by atoms with Gasteiger partial charge in [0.2, 0.25) is 0 Å². The molecule has 0 aliphatic heterocycles. The Hall–Kier alpha value is -2.14. The number of carbonyl (C=O) groups is 2. The summed E-state index contributed by atoms with van der Waals surface area (Å²) >= 11 is 13.0. The second-order valence-corrected chi connectivity index (χ2v) is 7.64. The van der Waals surface area contributed by atoms with Gasteiger partial charge in [-0.15, -0.1) is 11.3 Å². The summed E-state index contributed by atoms with van der Waals surface area (Å²) in [5.41, 5.74) is 2.22. The van der Waals surface area contributed by atoms with Crippen LogP contribution in [-0.4, -0.2) is 16.9 Å². The number of halogens is 2. The highest BCUT2D eigenvalue weighted by molar-refractivity contribution is 7.17. The lowest BCUT2D eigenvalue weighted by molar-refractivity contribution is -0.117. The molecule has 1 heterocycles. The third kappa shape index (κ3) is 4.33. The van der Waals surface area contributed by atoms with Crippen LogP contribution in [0.25, 0.3) is 10.4 Å². The van der Waals surface area contributed by atoms with E-state index >= 15 is 0 Å². The first-order valence-electron chi connectivity index (χ1n) is 7.81. The number of carbonyl (C=O) groups excluding carboxylic acids is 1. The molecule has 0 aliphatic rings. The fraction of sp³-hybridized carbons (Fsp3) is 0.100. The van der Waals surface area contributed by atoms with Crippen LogP contribution in [0.4, 0.5) is 0 Å². The summed E-state index contributed by atoms with van der Waals surface area (Å²) in [5.74, 6) is -1.10. The summed E-state index contributed by atoms with van der Waals surface area (Å²) in [6.45, 7) is 0. The molecular weight excluding hydrogens is 391 g/mol. The van der Waals surface area contributed by atoms with Crippen molar-refractivity contribution in [2.24, 2.45) is 0 Å². The Labute approximate surface area is 164 Å². The molecule has 3 aromatic rings. The lowest BCUT2D eigenvalue weighted by atomic mass is 10.0. The van der Waals surface area contributed by atoms with Crippen LogP contribution in [0.15, 0.2) is 54.6 Å². The maximum absolute atomic E-state index is 12.4. The molecule has 0 bridgehead atoms. The number of hydrogen-bond acceptors (Lipinski definition) is 3. The number of hydrogen-bond donors (Lipinski definition) is 1. The molecule has 2 aromatic carbocycles. The van der Waals surface area contributed by atoms with E-state index in [-0.39, 0.29) is 23.5 Å². The molecule has 0 atom stereocenters. The number of benzene rings is 2. The number of aromatic carboxylic acids is 1. The number of Topliss-reactive ketones (excluding diaryl/α,β-unsaturated/α-hetero) is 1. The zero-order chi connectivity index (χ0) is 18.7. The summed E-state index contributed by atoms with van der Waals surface area (Å²) in [5, 5.41) is 10.3. The summed E-state index contributed by atoms with van der Waals surface area (Å²) < 4.78 is 0. The monoisotopic (exact) mass is 404 g/mol. The van der Waals surface area contributed by atoms with Crippen molar-refractivity contribution in [3.8, 4) is 10.4 Å². The smallest absolute Gasteiger partial charge is 0.346 e. The predicted molar refractivity (Wildman–Crippen MR) is 106 cm³/mol. The maximum Gasteiger partial charge on any atom is 0.346 e. The highest BCUT2D eigenvalue weighted by Crippen LogP contribution is 2.32. The Kier molecular flexibility index (Phi) is 5.77. The highest BCUT2D eigenvalue weighted by atomic mass is 35.5. The van der Waals surface area contributed by atoms with Gasteiger partial charge >= 0.3 is 5.97 Å². The van der Waals surface area contributed by atoms with E-state index in [1.807, 2.05) is 30.3 Å². The first-order valence-corrected chi connectivity index (χ1v) is 9.38. The molecule has 26 heavy (non-hydrogen) atoms. The molecule has 0 saturated heterocycles. The molecular formula is C20H14Cl2O3S. The van der Waals surface area contributed by atoms with E-state index in [4.69, 9.17) is 23.2 Å². The van der Waals surface area contributed by atoms with Gasteiger partial charge in [-0.2, -0.15) is 0 Å². The molecule has 132 valence electrons. The molecule has 1 N–H and O–H groups in total. The van der Waals surface area contributed by atoms with Gasteiger partial charge in [0.1, 0.15) is 10.7 Å². The average molecular weight is 405 g/mol. The van der Waals surface area contributed by atoms with Crippen molar-refractivity contribution < 1.29 is 14.7 Å². The number of ketones is 1. The van der Waals surface area contributed by atoms with Gasteiger partial charge in [-0.3, -0.25) is 4.79 Å². The third-order valence-corrected chi connectivity index (χ3v) is 5.79. The molecule has 0 aliphatic carbocycles. The van der Waals surface area contributed by atoms with E-state index in [0.29, 0.717) is 15.6 Å². The molecule has 0 saturated carbocycles. The van der Waals surface area contributed by atoms with Crippen LogP contribution in [-0.2, 0) is 17.6 Å². The number of carboxylic acids is 1. The van der Waals surface area contributed by atoms with Crippen molar-refractivity contribution in [1.82, 2.24) is 0 Å². The molecule has 3 rings (SSSR count). The molecule has 6 heteroatoms. The fourth-order valence-corrected chi connectivity index (χ4v) is 3.98. The van der Waals surface area contributed by atoms with Gasteiger partial charge in [0.25, 0.3) is 0 Å². The topological polar surface area (TPSA) is 54.4 Å². The number of rotatable bonds is 6. The largest absolute Gasteiger partial charge is 0.477 e. The second-order valence-electron chi connectivity index (χ2n) is 5.78. The first-order chi connectivity index (χ1) is 12.4. The Balaban J connectivity index is 1.82. The van der Waals surface area contributed by atoms with Gasteiger partial charge in [-0.05, 0) is 34.9 Å². The molecule has 3 nitrogen and oxygen atoms in total. The van der Waals surface area contributed by atoms with Gasteiger partial charge < -0.3 is 5.11 Å². The van der Waals surface area contributed by atoms with Gasteiger partial charge in [-0.25, -0.2) is 4.79 Å². The van der Waals surface area contributed by atoms with Gasteiger partial charge in [0, 0.05) is 17.7 Å². The predicted octanol–water partition coefficient (Wildman–Crippen LogP) is 5.77. The summed E-state index contributed by atoms with van der Waals surface area (Å²) in [6.07, 6.45) is 0.234. The molecule has 0 radical (unpaired) electrons. The van der Waals surface area contributed by atoms with Gasteiger partial charge in [-0.1, -0.05) is 59.6 Å². The molecule has 0 unspecified atom stereocenters. The normalized spacial score (nSPS) is 10.7. The van der Waals surface area contributed by atoms with Crippen LogP contribution in [0.3, 0.4) is 0 Å². The van der Waals surface area contributed by atoms with E-state index < -0.39 is 5.97 Å². The van der Waals surface area contributed by atoms with E-state index in [2.05, 4.69) is 0 Å². The lowest BCUT2D eigenvalue weighted by Gasteiger charge is -2.03. The molecule has 0 fully saturated rings. The van der Waals surface area contributed by atoms with Crippen LogP contribution in [0.2, 0.25) is 10.0 Å². The van der Waals surface area contributed by atoms with Crippen molar-refractivity contribution in [2.75, 3.05) is 0 Å². The van der Waals surface area contributed by atoms with E-state index in [0.717, 1.165) is 16.0 Å². The van der Waals surface area contributed by atoms with Crippen molar-refractivity contribution in [1.29, 1.82) is 0 Å². The Bertz CT molecular complexity index is 964. The van der Waals surface area contributed by atoms with Crippen LogP contribution in [0, 0.1) is 0 Å². The minimum Gasteiger partial charge on any atom is -0.477 e. The van der Waals surface area contributed by atoms with Crippen molar-refractivity contribution >= 4 is 46.3 Å². The summed E-state index contributed by atoms with van der Waals surface area (Å²) in [4.78, 5) is 25.0. The average Bonchev–Trinajstić information content (AvgIpc) is 3.03. The standard InChI is InChI=1S/C20H14Cl2O3S/c21-16-7-6-12(9-17(16)22)8-15(23)10-14-11-18(26-19(14)20(24)25)13-4-2-1-3-5-13/h1-7,9,11H,8,10H2,(H,24,25). The zero-order valence-corrected chi connectivity index (χ0v) is 15.9. The van der Waals surface area contributed by atoms with Crippen LogP contribution in [0.1, 0.15) is 20.8 Å². The van der Waals surface area contributed by atoms with E-state index in [1.54, 1.807) is 24.3 Å². The minimum atomic E-state index is -1.02. The van der Waals surface area contributed by atoms with E-state index in [1.165, 1.54) is 11.3 Å². The summed E-state index contributed by atoms with van der Waals surface area (Å²) in [6, 6.07) is 16.4. The van der Waals surface area contributed by atoms with Crippen molar-refractivity contribution in [3.05, 3.63) is 80.6 Å². The Morgan fingerprint density at radius 2 is 1.65 bits per heavy atom. The fourth-order valence-electron chi connectivity index (χ4n) is 2.64. The van der Waals surface area contributed by atoms with Gasteiger partial charge in [0.15, 0.2) is 0 Å². The highest BCUT2D eigenvalue weighted by Gasteiger charge is 2.19. The van der Waals surface area contributed by atoms with Crippen LogP contribution >= 0.6 is 34.5 Å². The second kappa shape index (κ2) is 8.04. The third-order valence-electron chi connectivity index (χ3n) is 3.83. The molecule has 0 spiro atoms. The van der Waals surface area contributed by atoms with Crippen molar-refractivity contribution in [2.45, 2.75) is 12.8 Å².